The summed E-state index contributed by atoms with van der Waals surface area (Å²) in [6, 6.07) is 27.1. The summed E-state index contributed by atoms with van der Waals surface area (Å²) in [5, 5.41) is 15.0. The molecular formula is C26H17ClN6OS. The molecule has 3 aromatic heterocycles. The first kappa shape index (κ1) is 21.4. The van der Waals surface area contributed by atoms with Crippen LogP contribution in [0.2, 0.25) is 4.34 Å². The summed E-state index contributed by atoms with van der Waals surface area (Å²) in [6.45, 7) is 0.400. The molecule has 6 aromatic rings. The van der Waals surface area contributed by atoms with Crippen LogP contribution in [0.25, 0.3) is 44.1 Å². The smallest absolute Gasteiger partial charge is 0.262 e. The minimum atomic E-state index is -0.114. The summed E-state index contributed by atoms with van der Waals surface area (Å²) >= 11 is 7.62. The van der Waals surface area contributed by atoms with Crippen molar-refractivity contribution < 1.29 is 0 Å². The van der Waals surface area contributed by atoms with E-state index in [0.717, 1.165) is 27.1 Å². The highest BCUT2D eigenvalue weighted by molar-refractivity contribution is 7.19. The van der Waals surface area contributed by atoms with Gasteiger partial charge in [-0.2, -0.15) is 5.21 Å². The van der Waals surface area contributed by atoms with Crippen molar-refractivity contribution in [3.63, 3.8) is 0 Å². The summed E-state index contributed by atoms with van der Waals surface area (Å²) in [7, 11) is 0. The number of halogens is 1. The van der Waals surface area contributed by atoms with E-state index in [1.807, 2.05) is 84.9 Å². The van der Waals surface area contributed by atoms with Crippen molar-refractivity contribution in [2.75, 3.05) is 0 Å². The first-order valence-electron chi connectivity index (χ1n) is 10.8. The van der Waals surface area contributed by atoms with E-state index in [9.17, 15) is 4.79 Å². The number of nitrogens with zero attached hydrogens (tertiary/aromatic N) is 5. The highest BCUT2D eigenvalue weighted by atomic mass is 35.5. The van der Waals surface area contributed by atoms with E-state index in [0.29, 0.717) is 33.4 Å². The molecule has 0 amide bonds. The van der Waals surface area contributed by atoms with Crippen LogP contribution in [0.4, 0.5) is 0 Å². The Morgan fingerprint density at radius 1 is 0.914 bits per heavy atom. The van der Waals surface area contributed by atoms with Crippen LogP contribution in [0.1, 0.15) is 5.56 Å². The van der Waals surface area contributed by atoms with Gasteiger partial charge in [0.2, 0.25) is 5.82 Å². The molecule has 0 atom stereocenters. The fourth-order valence-electron chi connectivity index (χ4n) is 4.13. The lowest BCUT2D eigenvalue weighted by atomic mass is 9.98. The average Bonchev–Trinajstić information content (AvgIpc) is 3.58. The van der Waals surface area contributed by atoms with E-state index >= 15 is 0 Å². The van der Waals surface area contributed by atoms with Crippen molar-refractivity contribution >= 4 is 33.8 Å². The number of thiophene rings is 1. The lowest BCUT2D eigenvalue weighted by molar-refractivity contribution is 0.761. The van der Waals surface area contributed by atoms with Gasteiger partial charge in [-0.1, -0.05) is 72.3 Å². The number of aromatic amines is 1. The SMILES string of the molecule is O=c1c2cc(-c3ccccc3-c3nn[nH]n3)ccc2nc(-c2ccc(Cl)s2)n1Cc1ccccc1. The average molecular weight is 497 g/mol. The summed E-state index contributed by atoms with van der Waals surface area (Å²) in [6.07, 6.45) is 0. The number of aromatic nitrogens is 6. The van der Waals surface area contributed by atoms with Crippen LogP contribution >= 0.6 is 22.9 Å². The Labute approximate surface area is 208 Å². The van der Waals surface area contributed by atoms with Crippen LogP contribution in [0.15, 0.2) is 89.7 Å². The number of benzene rings is 3. The molecule has 3 aromatic carbocycles. The normalized spacial score (nSPS) is 11.2. The molecule has 0 aliphatic carbocycles. The van der Waals surface area contributed by atoms with Crippen molar-refractivity contribution in [2.45, 2.75) is 6.54 Å². The maximum Gasteiger partial charge on any atom is 0.262 e. The van der Waals surface area contributed by atoms with Crippen LogP contribution in [0, 0.1) is 0 Å². The van der Waals surface area contributed by atoms with E-state index in [1.165, 1.54) is 11.3 Å². The van der Waals surface area contributed by atoms with Crippen LogP contribution in [0.3, 0.4) is 0 Å². The van der Waals surface area contributed by atoms with Crippen LogP contribution in [-0.4, -0.2) is 30.2 Å². The minimum absolute atomic E-state index is 0.114. The zero-order valence-electron chi connectivity index (χ0n) is 18.2. The van der Waals surface area contributed by atoms with Gasteiger partial charge in [0.05, 0.1) is 26.7 Å². The number of tetrazole rings is 1. The fraction of sp³-hybridized carbons (Fsp3) is 0.0385. The van der Waals surface area contributed by atoms with Gasteiger partial charge in [-0.3, -0.25) is 9.36 Å². The van der Waals surface area contributed by atoms with Gasteiger partial charge in [0, 0.05) is 5.56 Å². The maximum absolute atomic E-state index is 13.9. The first-order valence-corrected chi connectivity index (χ1v) is 12.0. The van der Waals surface area contributed by atoms with E-state index < -0.39 is 0 Å². The Morgan fingerprint density at radius 2 is 1.71 bits per heavy atom. The van der Waals surface area contributed by atoms with Gasteiger partial charge in [0.25, 0.3) is 5.56 Å². The van der Waals surface area contributed by atoms with E-state index in [4.69, 9.17) is 16.6 Å². The molecule has 0 unspecified atom stereocenters. The molecule has 0 spiro atoms. The molecule has 0 radical (unpaired) electrons. The molecule has 7 nitrogen and oxygen atoms in total. The van der Waals surface area contributed by atoms with E-state index in [1.54, 1.807) is 4.57 Å². The van der Waals surface area contributed by atoms with Crippen molar-refractivity contribution in [2.24, 2.45) is 0 Å². The zero-order chi connectivity index (χ0) is 23.8. The third-order valence-corrected chi connectivity index (χ3v) is 6.98. The van der Waals surface area contributed by atoms with Gasteiger partial charge in [0.1, 0.15) is 0 Å². The minimum Gasteiger partial charge on any atom is -0.287 e. The van der Waals surface area contributed by atoms with Gasteiger partial charge in [0.15, 0.2) is 5.82 Å². The molecule has 9 heteroatoms. The molecule has 0 aliphatic heterocycles. The maximum atomic E-state index is 13.9. The van der Waals surface area contributed by atoms with Crippen LogP contribution in [-0.2, 0) is 6.54 Å². The number of hydrogen-bond donors (Lipinski definition) is 1. The largest absolute Gasteiger partial charge is 0.287 e. The third-order valence-electron chi connectivity index (χ3n) is 5.76. The molecule has 0 aliphatic rings. The van der Waals surface area contributed by atoms with Crippen molar-refractivity contribution in [3.8, 4) is 33.2 Å². The summed E-state index contributed by atoms with van der Waals surface area (Å²) in [5.41, 5.74) is 4.12. The molecule has 0 bridgehead atoms. The fourth-order valence-corrected chi connectivity index (χ4v) is 5.17. The first-order chi connectivity index (χ1) is 17.2. The molecule has 170 valence electrons. The van der Waals surface area contributed by atoms with Gasteiger partial charge in [-0.05, 0) is 46.2 Å². The Morgan fingerprint density at radius 3 is 2.46 bits per heavy atom. The van der Waals surface area contributed by atoms with Crippen LogP contribution in [0.5, 0.6) is 0 Å². The second-order valence-electron chi connectivity index (χ2n) is 7.93. The van der Waals surface area contributed by atoms with Crippen molar-refractivity contribution in [3.05, 3.63) is 105 Å². The predicted molar refractivity (Wildman–Crippen MR) is 138 cm³/mol. The standard InChI is InChI=1S/C26H17ClN6OS/c27-23-13-12-22(35-23)25-28-21-11-10-17(18-8-4-5-9-19(18)24-29-31-32-30-24)14-20(21)26(34)33(25)15-16-6-2-1-3-7-16/h1-14H,15H2,(H,29,30,31,32). The molecule has 6 rings (SSSR count). The number of hydrogen-bond acceptors (Lipinski definition) is 6. The van der Waals surface area contributed by atoms with Crippen molar-refractivity contribution in [1.29, 1.82) is 0 Å². The Bertz CT molecular complexity index is 1710. The van der Waals surface area contributed by atoms with Gasteiger partial charge < -0.3 is 0 Å². The molecule has 35 heavy (non-hydrogen) atoms. The van der Waals surface area contributed by atoms with Crippen LogP contribution < -0.4 is 5.56 Å². The Hall–Kier alpha value is -4.14. The molecule has 3 heterocycles. The molecule has 0 fully saturated rings. The van der Waals surface area contributed by atoms with Crippen molar-refractivity contribution in [1.82, 2.24) is 30.2 Å². The number of nitrogens with one attached hydrogen (secondary N) is 1. The van der Waals surface area contributed by atoms with E-state index in [2.05, 4.69) is 20.6 Å². The molecule has 1 N–H and O–H groups in total. The Kier molecular flexibility index (Phi) is 5.44. The number of fused-ring (bicyclic) bond motifs is 1. The number of rotatable bonds is 5. The molecule has 0 saturated carbocycles. The summed E-state index contributed by atoms with van der Waals surface area (Å²) in [5.74, 6) is 1.09. The topological polar surface area (TPSA) is 89.3 Å². The summed E-state index contributed by atoms with van der Waals surface area (Å²) < 4.78 is 2.36. The molecular weight excluding hydrogens is 480 g/mol. The highest BCUT2D eigenvalue weighted by Gasteiger charge is 2.17. The van der Waals surface area contributed by atoms with Gasteiger partial charge in [-0.25, -0.2) is 4.98 Å². The zero-order valence-corrected chi connectivity index (χ0v) is 19.8. The monoisotopic (exact) mass is 496 g/mol. The lowest BCUT2D eigenvalue weighted by Gasteiger charge is -2.14. The van der Waals surface area contributed by atoms with Gasteiger partial charge >= 0.3 is 0 Å². The van der Waals surface area contributed by atoms with Gasteiger partial charge in [-0.15, -0.1) is 21.5 Å². The predicted octanol–water partition coefficient (Wildman–Crippen LogP) is 5.67. The Balaban J connectivity index is 1.56. The highest BCUT2D eigenvalue weighted by Crippen LogP contribution is 2.33. The van der Waals surface area contributed by atoms with E-state index in [-0.39, 0.29) is 5.56 Å². The quantitative estimate of drug-likeness (QED) is 0.332. The third kappa shape index (κ3) is 4.03. The molecule has 0 saturated heterocycles. The summed E-state index contributed by atoms with van der Waals surface area (Å²) in [4.78, 5) is 19.6. The lowest BCUT2D eigenvalue weighted by Crippen LogP contribution is -2.24. The number of H-pyrrole nitrogens is 1. The second kappa shape index (κ2) is 8.90. The second-order valence-corrected chi connectivity index (χ2v) is 9.64.